The lowest BCUT2D eigenvalue weighted by molar-refractivity contribution is -0.116. The maximum absolute atomic E-state index is 11.1. The first-order chi connectivity index (χ1) is 7.09. The summed E-state index contributed by atoms with van der Waals surface area (Å²) >= 11 is 3.40. The Morgan fingerprint density at radius 2 is 2.27 bits per heavy atom. The van der Waals surface area contributed by atoms with Gasteiger partial charge in [-0.1, -0.05) is 6.07 Å². The zero-order valence-corrected chi connectivity index (χ0v) is 10.2. The molecule has 0 fully saturated rings. The van der Waals surface area contributed by atoms with E-state index in [0.717, 1.165) is 21.6 Å². The number of fused-ring (bicyclic) bond motifs is 1. The molecule has 0 saturated heterocycles. The van der Waals surface area contributed by atoms with Crippen LogP contribution in [0.2, 0.25) is 0 Å². The molecule has 0 N–H and O–H groups in total. The topological polar surface area (TPSA) is 34.4 Å². The van der Waals surface area contributed by atoms with E-state index in [1.54, 1.807) is 6.92 Å². The summed E-state index contributed by atoms with van der Waals surface area (Å²) in [5.41, 5.74) is 1.99. The van der Waals surface area contributed by atoms with Crippen molar-refractivity contribution in [1.82, 2.24) is 9.38 Å². The van der Waals surface area contributed by atoms with Gasteiger partial charge in [0, 0.05) is 12.1 Å². The van der Waals surface area contributed by atoms with E-state index in [0.29, 0.717) is 6.42 Å². The molecule has 2 aromatic rings. The van der Waals surface area contributed by atoms with Crippen LogP contribution in [-0.2, 0) is 11.2 Å². The van der Waals surface area contributed by atoms with E-state index in [1.165, 1.54) is 0 Å². The van der Waals surface area contributed by atoms with Gasteiger partial charge in [-0.25, -0.2) is 4.98 Å². The van der Waals surface area contributed by atoms with Crippen LogP contribution in [0.15, 0.2) is 22.8 Å². The molecule has 3 nitrogen and oxygen atoms in total. The second-order valence-corrected chi connectivity index (χ2v) is 4.32. The van der Waals surface area contributed by atoms with Gasteiger partial charge in [0.1, 0.15) is 16.2 Å². The van der Waals surface area contributed by atoms with E-state index in [4.69, 9.17) is 0 Å². The predicted molar refractivity (Wildman–Crippen MR) is 62.0 cm³/mol. The third kappa shape index (κ3) is 1.81. The van der Waals surface area contributed by atoms with Gasteiger partial charge in [-0.3, -0.25) is 9.20 Å². The summed E-state index contributed by atoms with van der Waals surface area (Å²) < 4.78 is 2.83. The van der Waals surface area contributed by atoms with Gasteiger partial charge in [0.2, 0.25) is 0 Å². The largest absolute Gasteiger partial charge is 0.300 e. The molecule has 0 atom stereocenters. The molecular formula is C11H11BrN2O. The Labute approximate surface area is 96.3 Å². The predicted octanol–water partition coefficient (Wildman–Crippen LogP) is 2.54. The molecule has 0 saturated carbocycles. The number of aromatic nitrogens is 2. The minimum Gasteiger partial charge on any atom is -0.300 e. The van der Waals surface area contributed by atoms with Crippen molar-refractivity contribution in [3.05, 3.63) is 34.3 Å². The Hall–Kier alpha value is -1.16. The minimum atomic E-state index is 0.159. The molecule has 2 heterocycles. The number of rotatable bonds is 2. The summed E-state index contributed by atoms with van der Waals surface area (Å²) in [7, 11) is 0. The van der Waals surface area contributed by atoms with Gasteiger partial charge in [-0.05, 0) is 41.9 Å². The number of pyridine rings is 1. The quantitative estimate of drug-likeness (QED) is 0.838. The van der Waals surface area contributed by atoms with Crippen LogP contribution in [-0.4, -0.2) is 15.2 Å². The highest BCUT2D eigenvalue weighted by molar-refractivity contribution is 9.10. The van der Waals surface area contributed by atoms with Crippen LogP contribution in [0.1, 0.15) is 18.4 Å². The third-order valence-corrected chi connectivity index (χ3v) is 2.88. The number of Topliss-reactive ketones (excluding diaryl/α,β-unsaturated/α-hetero) is 1. The summed E-state index contributed by atoms with van der Waals surface area (Å²) in [6, 6.07) is 5.88. The lowest BCUT2D eigenvalue weighted by Gasteiger charge is -2.04. The molecule has 0 aliphatic carbocycles. The Balaban J connectivity index is 2.69. The van der Waals surface area contributed by atoms with Crippen LogP contribution in [0.3, 0.4) is 0 Å². The second kappa shape index (κ2) is 3.77. The first-order valence-corrected chi connectivity index (χ1v) is 5.51. The van der Waals surface area contributed by atoms with Gasteiger partial charge in [0.05, 0.1) is 5.52 Å². The maximum atomic E-state index is 11.1. The van der Waals surface area contributed by atoms with Crippen molar-refractivity contribution < 1.29 is 4.79 Å². The Kier molecular flexibility index (Phi) is 2.61. The second-order valence-electron chi connectivity index (χ2n) is 3.57. The van der Waals surface area contributed by atoms with Gasteiger partial charge >= 0.3 is 0 Å². The molecule has 0 aromatic carbocycles. The highest BCUT2D eigenvalue weighted by atomic mass is 79.9. The van der Waals surface area contributed by atoms with Crippen molar-refractivity contribution in [3.8, 4) is 0 Å². The smallest absolute Gasteiger partial charge is 0.135 e. The molecule has 78 valence electrons. The number of hydrogen-bond donors (Lipinski definition) is 0. The Morgan fingerprint density at radius 3 is 2.93 bits per heavy atom. The van der Waals surface area contributed by atoms with Gasteiger partial charge < -0.3 is 0 Å². The van der Waals surface area contributed by atoms with Crippen molar-refractivity contribution in [2.24, 2.45) is 0 Å². The molecular weight excluding hydrogens is 256 g/mol. The summed E-state index contributed by atoms with van der Waals surface area (Å²) in [5.74, 6) is 1.06. The van der Waals surface area contributed by atoms with Crippen LogP contribution in [0.5, 0.6) is 0 Å². The number of carbonyl (C=O) groups excluding carboxylic acids is 1. The molecule has 0 unspecified atom stereocenters. The third-order valence-electron chi connectivity index (χ3n) is 2.30. The van der Waals surface area contributed by atoms with Crippen molar-refractivity contribution >= 4 is 27.2 Å². The zero-order chi connectivity index (χ0) is 11.0. The number of nitrogens with zero attached hydrogens (tertiary/aromatic N) is 2. The summed E-state index contributed by atoms with van der Waals surface area (Å²) in [4.78, 5) is 15.5. The molecule has 0 aliphatic heterocycles. The fourth-order valence-electron chi connectivity index (χ4n) is 1.74. The monoisotopic (exact) mass is 266 g/mol. The fraction of sp³-hybridized carbons (Fsp3) is 0.273. The van der Waals surface area contributed by atoms with E-state index >= 15 is 0 Å². The minimum absolute atomic E-state index is 0.159. The lowest BCUT2D eigenvalue weighted by Crippen LogP contribution is -2.04. The standard InChI is InChI=1S/C11H11BrN2O/c1-7(15)6-9-4-3-5-10-11(12)13-8(2)14(9)10/h3-5H,6H2,1-2H3. The lowest BCUT2D eigenvalue weighted by atomic mass is 10.2. The molecule has 0 bridgehead atoms. The number of hydrogen-bond acceptors (Lipinski definition) is 2. The first kappa shape index (κ1) is 10.4. The van der Waals surface area contributed by atoms with E-state index < -0.39 is 0 Å². The number of carbonyl (C=O) groups is 1. The highest BCUT2D eigenvalue weighted by Gasteiger charge is 2.09. The van der Waals surface area contributed by atoms with Gasteiger partial charge in [-0.2, -0.15) is 0 Å². The normalized spacial score (nSPS) is 10.9. The van der Waals surface area contributed by atoms with Crippen molar-refractivity contribution in [2.45, 2.75) is 20.3 Å². The molecule has 0 amide bonds. The first-order valence-electron chi connectivity index (χ1n) is 4.71. The number of ketones is 1. The van der Waals surface area contributed by atoms with E-state index in [9.17, 15) is 4.79 Å². The molecule has 0 spiro atoms. The van der Waals surface area contributed by atoms with Crippen molar-refractivity contribution in [2.75, 3.05) is 0 Å². The van der Waals surface area contributed by atoms with Gasteiger partial charge in [0.25, 0.3) is 0 Å². The van der Waals surface area contributed by atoms with Gasteiger partial charge in [0.15, 0.2) is 0 Å². The SMILES string of the molecule is CC(=O)Cc1cccc2c(Br)nc(C)n12. The number of halogens is 1. The number of imidazole rings is 1. The highest BCUT2D eigenvalue weighted by Crippen LogP contribution is 2.20. The zero-order valence-electron chi connectivity index (χ0n) is 8.62. The van der Waals surface area contributed by atoms with E-state index in [-0.39, 0.29) is 5.78 Å². The van der Waals surface area contributed by atoms with Crippen LogP contribution in [0.25, 0.3) is 5.52 Å². The number of aryl methyl sites for hydroxylation is 1. The Bertz CT molecular complexity index is 531. The van der Waals surface area contributed by atoms with Crippen LogP contribution in [0.4, 0.5) is 0 Å². The fourth-order valence-corrected chi connectivity index (χ4v) is 2.31. The van der Waals surface area contributed by atoms with Crippen LogP contribution >= 0.6 is 15.9 Å². The van der Waals surface area contributed by atoms with E-state index in [1.807, 2.05) is 29.5 Å². The summed E-state index contributed by atoms with van der Waals surface area (Å²) in [5, 5.41) is 0. The van der Waals surface area contributed by atoms with E-state index in [2.05, 4.69) is 20.9 Å². The maximum Gasteiger partial charge on any atom is 0.135 e. The van der Waals surface area contributed by atoms with Crippen molar-refractivity contribution in [1.29, 1.82) is 0 Å². The summed E-state index contributed by atoms with van der Waals surface area (Å²) in [6.07, 6.45) is 0.445. The van der Waals surface area contributed by atoms with Crippen molar-refractivity contribution in [3.63, 3.8) is 0 Å². The molecule has 15 heavy (non-hydrogen) atoms. The molecule has 2 aromatic heterocycles. The molecule has 2 rings (SSSR count). The molecule has 0 aliphatic rings. The van der Waals surface area contributed by atoms with Crippen LogP contribution in [0, 0.1) is 6.92 Å². The Morgan fingerprint density at radius 1 is 1.53 bits per heavy atom. The van der Waals surface area contributed by atoms with Crippen LogP contribution < -0.4 is 0 Å². The average molecular weight is 267 g/mol. The molecule has 0 radical (unpaired) electrons. The molecule has 4 heteroatoms. The summed E-state index contributed by atoms with van der Waals surface area (Å²) in [6.45, 7) is 3.53. The average Bonchev–Trinajstić information content (AvgIpc) is 2.43. The van der Waals surface area contributed by atoms with Gasteiger partial charge in [-0.15, -0.1) is 0 Å².